The Labute approximate surface area is 251 Å². The van der Waals surface area contributed by atoms with Crippen molar-refractivity contribution in [3.8, 4) is 5.69 Å². The molecule has 0 fully saturated rings. The van der Waals surface area contributed by atoms with Crippen LogP contribution < -0.4 is 10.6 Å². The molecule has 0 aliphatic rings. The summed E-state index contributed by atoms with van der Waals surface area (Å²) in [5.74, 6) is 0.845. The molecule has 0 aliphatic heterocycles. The maximum absolute atomic E-state index is 13.4. The first-order valence-electron chi connectivity index (χ1n) is 12.8. The molecule has 1 heterocycles. The minimum absolute atomic E-state index is 0.256. The Morgan fingerprint density at radius 1 is 0.902 bits per heavy atom. The Bertz CT molecular complexity index is 1630. The van der Waals surface area contributed by atoms with Crippen LogP contribution in [0, 0.1) is 12.7 Å². The molecule has 1 aromatic heterocycles. The van der Waals surface area contributed by atoms with Crippen molar-refractivity contribution in [3.63, 3.8) is 0 Å². The van der Waals surface area contributed by atoms with Gasteiger partial charge >= 0.3 is 6.03 Å². The van der Waals surface area contributed by atoms with E-state index >= 15 is 0 Å². The number of anilines is 1. The number of aryl methyl sites for hydroxylation is 1. The number of carbonyl (C=O) groups excluding carboxylic acids is 1. The summed E-state index contributed by atoms with van der Waals surface area (Å²) in [7, 11) is 0. The van der Waals surface area contributed by atoms with Gasteiger partial charge in [-0.1, -0.05) is 101 Å². The molecule has 2 amide bonds. The fourth-order valence-corrected chi connectivity index (χ4v) is 5.50. The molecule has 0 radical (unpaired) electrons. The van der Waals surface area contributed by atoms with Gasteiger partial charge in [0.25, 0.3) is 0 Å². The van der Waals surface area contributed by atoms with E-state index in [4.69, 9.17) is 23.2 Å². The fraction of sp³-hybridized carbons (Fsp3) is 0.129. The molecule has 1 atom stereocenters. The Kier molecular flexibility index (Phi) is 9.24. The number of nitrogens with zero attached hydrogens (tertiary/aromatic N) is 3. The van der Waals surface area contributed by atoms with Gasteiger partial charge in [-0.05, 0) is 54.4 Å². The van der Waals surface area contributed by atoms with Crippen LogP contribution in [0.4, 0.5) is 14.9 Å². The standard InChI is InChI=1S/C31H26Cl2FN5OS/c1-20-10-16-24(17-11-20)39-29(37-38-31(39)41-19-22-12-14-23(34)15-13-22)27(18-21-6-3-2-4-7-21)36-30(40)35-26-9-5-8-25(32)28(26)33/h2-17,27H,18-19H2,1H3,(H2,35,36,40)/t27-/m1/s1. The predicted octanol–water partition coefficient (Wildman–Crippen LogP) is 8.42. The second kappa shape index (κ2) is 13.2. The average Bonchev–Trinajstić information content (AvgIpc) is 3.40. The summed E-state index contributed by atoms with van der Waals surface area (Å²) in [5.41, 5.74) is 4.33. The largest absolute Gasteiger partial charge is 0.327 e. The molecular weight excluding hydrogens is 580 g/mol. The minimum Gasteiger partial charge on any atom is -0.327 e. The molecule has 0 bridgehead atoms. The monoisotopic (exact) mass is 605 g/mol. The Balaban J connectivity index is 1.50. The fourth-order valence-electron chi connectivity index (χ4n) is 4.24. The summed E-state index contributed by atoms with van der Waals surface area (Å²) < 4.78 is 15.4. The van der Waals surface area contributed by atoms with Crippen LogP contribution in [0.15, 0.2) is 102 Å². The number of amides is 2. The molecule has 41 heavy (non-hydrogen) atoms. The first-order chi connectivity index (χ1) is 19.9. The SMILES string of the molecule is Cc1ccc(-n2c(SCc3ccc(F)cc3)nnc2[C@@H](Cc2ccccc2)NC(=O)Nc2cccc(Cl)c2Cl)cc1. The van der Waals surface area contributed by atoms with Crippen LogP contribution in [0.1, 0.15) is 28.6 Å². The van der Waals surface area contributed by atoms with Crippen molar-refractivity contribution in [2.24, 2.45) is 0 Å². The van der Waals surface area contributed by atoms with Gasteiger partial charge in [0.15, 0.2) is 11.0 Å². The summed E-state index contributed by atoms with van der Waals surface area (Å²) in [6.07, 6.45) is 0.462. The highest BCUT2D eigenvalue weighted by Crippen LogP contribution is 2.31. The van der Waals surface area contributed by atoms with Crippen LogP contribution in [-0.4, -0.2) is 20.8 Å². The minimum atomic E-state index is -0.552. The predicted molar refractivity (Wildman–Crippen MR) is 164 cm³/mol. The van der Waals surface area contributed by atoms with E-state index in [1.54, 1.807) is 30.3 Å². The molecule has 2 N–H and O–H groups in total. The second-order valence-corrected chi connectivity index (χ2v) is 11.1. The normalized spacial score (nSPS) is 11.7. The second-order valence-electron chi connectivity index (χ2n) is 9.37. The van der Waals surface area contributed by atoms with Gasteiger partial charge in [0.1, 0.15) is 5.82 Å². The Morgan fingerprint density at radius 2 is 1.63 bits per heavy atom. The molecule has 5 aromatic rings. The molecule has 0 unspecified atom stereocenters. The number of carbonyl (C=O) groups is 1. The van der Waals surface area contributed by atoms with Crippen molar-refractivity contribution in [2.75, 3.05) is 5.32 Å². The number of halogens is 3. The van der Waals surface area contributed by atoms with Gasteiger partial charge in [-0.2, -0.15) is 0 Å². The smallest absolute Gasteiger partial charge is 0.319 e. The summed E-state index contributed by atoms with van der Waals surface area (Å²) in [4.78, 5) is 13.3. The van der Waals surface area contributed by atoms with E-state index in [0.29, 0.717) is 33.9 Å². The molecule has 5 rings (SSSR count). The van der Waals surface area contributed by atoms with Crippen molar-refractivity contribution in [1.82, 2.24) is 20.1 Å². The number of thioether (sulfide) groups is 1. The average molecular weight is 607 g/mol. The summed E-state index contributed by atoms with van der Waals surface area (Å²) in [5, 5.41) is 16.2. The zero-order valence-corrected chi connectivity index (χ0v) is 24.3. The van der Waals surface area contributed by atoms with E-state index in [9.17, 15) is 9.18 Å². The van der Waals surface area contributed by atoms with Gasteiger partial charge in [-0.3, -0.25) is 4.57 Å². The first kappa shape index (κ1) is 28.7. The van der Waals surface area contributed by atoms with Gasteiger partial charge in [0, 0.05) is 17.9 Å². The number of hydrogen-bond donors (Lipinski definition) is 2. The Morgan fingerprint density at radius 3 is 2.37 bits per heavy atom. The number of nitrogens with one attached hydrogen (secondary N) is 2. The number of urea groups is 1. The highest BCUT2D eigenvalue weighted by atomic mass is 35.5. The van der Waals surface area contributed by atoms with Crippen LogP contribution in [0.5, 0.6) is 0 Å². The van der Waals surface area contributed by atoms with Crippen LogP contribution in [0.2, 0.25) is 10.0 Å². The number of hydrogen-bond acceptors (Lipinski definition) is 4. The van der Waals surface area contributed by atoms with Crippen molar-refractivity contribution in [2.45, 2.75) is 30.3 Å². The van der Waals surface area contributed by atoms with Gasteiger partial charge < -0.3 is 10.6 Å². The Hall–Kier alpha value is -3.85. The van der Waals surface area contributed by atoms with E-state index in [2.05, 4.69) is 20.8 Å². The maximum Gasteiger partial charge on any atom is 0.319 e. The zero-order valence-electron chi connectivity index (χ0n) is 22.0. The summed E-state index contributed by atoms with van der Waals surface area (Å²) >= 11 is 13.9. The van der Waals surface area contributed by atoms with Crippen molar-refractivity contribution >= 4 is 46.7 Å². The lowest BCUT2D eigenvalue weighted by molar-refractivity contribution is 0.247. The first-order valence-corrected chi connectivity index (χ1v) is 14.6. The topological polar surface area (TPSA) is 71.8 Å². The quantitative estimate of drug-likeness (QED) is 0.165. The summed E-state index contributed by atoms with van der Waals surface area (Å²) in [6.45, 7) is 2.02. The highest BCUT2D eigenvalue weighted by molar-refractivity contribution is 7.98. The molecule has 208 valence electrons. The lowest BCUT2D eigenvalue weighted by atomic mass is 10.1. The molecule has 0 aliphatic carbocycles. The zero-order chi connectivity index (χ0) is 28.8. The molecule has 10 heteroatoms. The van der Waals surface area contributed by atoms with Gasteiger partial charge in [-0.15, -0.1) is 10.2 Å². The van der Waals surface area contributed by atoms with Gasteiger partial charge in [0.05, 0.1) is 21.8 Å². The van der Waals surface area contributed by atoms with Crippen LogP contribution in [0.3, 0.4) is 0 Å². The van der Waals surface area contributed by atoms with Gasteiger partial charge in [-0.25, -0.2) is 9.18 Å². The van der Waals surface area contributed by atoms with E-state index in [-0.39, 0.29) is 10.8 Å². The highest BCUT2D eigenvalue weighted by Gasteiger charge is 2.25. The van der Waals surface area contributed by atoms with E-state index in [1.807, 2.05) is 66.1 Å². The maximum atomic E-state index is 13.4. The van der Waals surface area contributed by atoms with E-state index in [0.717, 1.165) is 22.4 Å². The molecule has 0 saturated carbocycles. The molecule has 0 spiro atoms. The lowest BCUT2D eigenvalue weighted by Gasteiger charge is -2.21. The number of aromatic nitrogens is 3. The number of benzene rings is 4. The van der Waals surface area contributed by atoms with Crippen molar-refractivity contribution < 1.29 is 9.18 Å². The third-order valence-corrected chi connectivity index (χ3v) is 8.15. The third-order valence-electron chi connectivity index (χ3n) is 6.33. The number of rotatable bonds is 9. The van der Waals surface area contributed by atoms with Crippen molar-refractivity contribution in [1.29, 1.82) is 0 Å². The molecular formula is C31H26Cl2FN5OS. The van der Waals surface area contributed by atoms with Crippen LogP contribution in [-0.2, 0) is 12.2 Å². The molecule has 4 aromatic carbocycles. The van der Waals surface area contributed by atoms with Crippen LogP contribution in [0.25, 0.3) is 5.69 Å². The van der Waals surface area contributed by atoms with Gasteiger partial charge in [0.2, 0.25) is 0 Å². The van der Waals surface area contributed by atoms with E-state index in [1.165, 1.54) is 23.9 Å². The molecule has 6 nitrogen and oxygen atoms in total. The molecule has 0 saturated heterocycles. The van der Waals surface area contributed by atoms with Crippen molar-refractivity contribution in [3.05, 3.63) is 135 Å². The lowest BCUT2D eigenvalue weighted by Crippen LogP contribution is -2.35. The van der Waals surface area contributed by atoms with Crippen LogP contribution >= 0.6 is 35.0 Å². The van der Waals surface area contributed by atoms with E-state index < -0.39 is 12.1 Å². The summed E-state index contributed by atoms with van der Waals surface area (Å²) in [6, 6.07) is 28.3. The third kappa shape index (κ3) is 7.27.